The second kappa shape index (κ2) is 8.41. The van der Waals surface area contributed by atoms with Crippen LogP contribution in [0, 0.1) is 19.7 Å². The lowest BCUT2D eigenvalue weighted by molar-refractivity contribution is -0.138. The van der Waals surface area contributed by atoms with Gasteiger partial charge in [0.15, 0.2) is 0 Å². The summed E-state index contributed by atoms with van der Waals surface area (Å²) in [5.74, 6) is -0.879. The van der Waals surface area contributed by atoms with Crippen LogP contribution in [0.15, 0.2) is 35.3 Å². The maximum atomic E-state index is 14.0. The third-order valence-electron chi connectivity index (χ3n) is 4.32. The molecule has 146 valence electrons. The smallest absolute Gasteiger partial charge is 0.381 e. The molecule has 0 heterocycles. The van der Waals surface area contributed by atoms with Gasteiger partial charge >= 0.3 is 6.18 Å². The molecule has 2 rings (SSSR count). The van der Waals surface area contributed by atoms with Crippen molar-refractivity contribution < 1.29 is 17.6 Å². The number of nitrogens with zero attached hydrogens (tertiary/aromatic N) is 2. The molecule has 0 aromatic heterocycles. The fourth-order valence-electron chi connectivity index (χ4n) is 2.56. The molecule has 0 aliphatic heterocycles. The molecule has 0 radical (unpaired) electrons. The quantitative estimate of drug-likeness (QED) is 0.396. The molecule has 0 aliphatic rings. The fraction of sp³-hybridized carbons (Fsp3) is 0.350. The molecule has 0 atom stereocenters. The zero-order chi connectivity index (χ0) is 20.2. The molecule has 0 fully saturated rings. The van der Waals surface area contributed by atoms with Gasteiger partial charge in [0, 0.05) is 31.4 Å². The van der Waals surface area contributed by atoms with E-state index in [0.717, 1.165) is 41.6 Å². The first-order valence-corrected chi connectivity index (χ1v) is 8.57. The van der Waals surface area contributed by atoms with Crippen LogP contribution in [0.1, 0.15) is 29.2 Å². The van der Waals surface area contributed by atoms with Crippen molar-refractivity contribution in [1.29, 1.82) is 0 Å². The molecule has 0 amide bonds. The SMILES string of the molecule is CCN(C)/C=N/c1cc(C)c(NCc2c(F)cccc2C(F)(F)F)cc1C. The van der Waals surface area contributed by atoms with E-state index in [1.165, 1.54) is 0 Å². The van der Waals surface area contributed by atoms with Gasteiger partial charge in [-0.15, -0.1) is 0 Å². The van der Waals surface area contributed by atoms with E-state index in [0.29, 0.717) is 5.69 Å². The van der Waals surface area contributed by atoms with Crippen LogP contribution >= 0.6 is 0 Å². The van der Waals surface area contributed by atoms with Crippen molar-refractivity contribution in [1.82, 2.24) is 4.90 Å². The van der Waals surface area contributed by atoms with Crippen LogP contribution in [-0.2, 0) is 12.7 Å². The van der Waals surface area contributed by atoms with Crippen molar-refractivity contribution in [2.75, 3.05) is 18.9 Å². The summed E-state index contributed by atoms with van der Waals surface area (Å²) in [4.78, 5) is 6.35. The summed E-state index contributed by atoms with van der Waals surface area (Å²) in [7, 11) is 1.91. The number of alkyl halides is 3. The highest BCUT2D eigenvalue weighted by atomic mass is 19.4. The monoisotopic (exact) mass is 381 g/mol. The second-order valence-corrected chi connectivity index (χ2v) is 6.39. The van der Waals surface area contributed by atoms with Gasteiger partial charge in [-0.05, 0) is 56.2 Å². The fourth-order valence-corrected chi connectivity index (χ4v) is 2.56. The van der Waals surface area contributed by atoms with Crippen LogP contribution in [0.2, 0.25) is 0 Å². The Balaban J connectivity index is 2.25. The number of rotatable bonds is 6. The minimum absolute atomic E-state index is 0.261. The molecule has 3 nitrogen and oxygen atoms in total. The lowest BCUT2D eigenvalue weighted by atomic mass is 10.0. The topological polar surface area (TPSA) is 27.6 Å². The first kappa shape index (κ1) is 20.7. The summed E-state index contributed by atoms with van der Waals surface area (Å²) in [5.41, 5.74) is 1.75. The van der Waals surface area contributed by atoms with Crippen molar-refractivity contribution in [3.63, 3.8) is 0 Å². The average molecular weight is 381 g/mol. The predicted molar refractivity (Wildman–Crippen MR) is 101 cm³/mol. The molecular formula is C20H23F4N3. The van der Waals surface area contributed by atoms with Crippen LogP contribution < -0.4 is 5.32 Å². The summed E-state index contributed by atoms with van der Waals surface area (Å²) in [6.07, 6.45) is -2.88. The zero-order valence-corrected chi connectivity index (χ0v) is 15.8. The average Bonchev–Trinajstić information content (AvgIpc) is 2.60. The molecule has 0 saturated heterocycles. The van der Waals surface area contributed by atoms with Gasteiger partial charge in [0.05, 0.1) is 17.6 Å². The molecule has 0 aliphatic carbocycles. The number of nitrogens with one attached hydrogen (secondary N) is 1. The van der Waals surface area contributed by atoms with E-state index in [-0.39, 0.29) is 6.54 Å². The van der Waals surface area contributed by atoms with Crippen molar-refractivity contribution in [3.05, 3.63) is 58.4 Å². The van der Waals surface area contributed by atoms with E-state index < -0.39 is 23.1 Å². The van der Waals surface area contributed by atoms with E-state index in [4.69, 9.17) is 0 Å². The van der Waals surface area contributed by atoms with E-state index in [1.54, 1.807) is 6.34 Å². The first-order chi connectivity index (χ1) is 12.6. The largest absolute Gasteiger partial charge is 0.416 e. The number of hydrogen-bond acceptors (Lipinski definition) is 2. The van der Waals surface area contributed by atoms with E-state index >= 15 is 0 Å². The number of halogens is 4. The highest BCUT2D eigenvalue weighted by Crippen LogP contribution is 2.34. The highest BCUT2D eigenvalue weighted by molar-refractivity contribution is 5.67. The zero-order valence-electron chi connectivity index (χ0n) is 15.8. The third kappa shape index (κ3) is 5.21. The lowest BCUT2D eigenvalue weighted by Gasteiger charge is -2.17. The van der Waals surface area contributed by atoms with E-state index in [9.17, 15) is 17.6 Å². The Morgan fingerprint density at radius 2 is 1.85 bits per heavy atom. The van der Waals surface area contributed by atoms with Crippen molar-refractivity contribution in [2.45, 2.75) is 33.5 Å². The van der Waals surface area contributed by atoms with Crippen LogP contribution in [0.4, 0.5) is 28.9 Å². The number of anilines is 1. The molecule has 27 heavy (non-hydrogen) atoms. The normalized spacial score (nSPS) is 11.9. The van der Waals surface area contributed by atoms with Crippen molar-refractivity contribution in [2.24, 2.45) is 4.99 Å². The molecule has 2 aromatic carbocycles. The van der Waals surface area contributed by atoms with Gasteiger partial charge in [-0.2, -0.15) is 13.2 Å². The highest BCUT2D eigenvalue weighted by Gasteiger charge is 2.34. The Hall–Kier alpha value is -2.57. The number of aryl methyl sites for hydroxylation is 2. The molecule has 0 unspecified atom stereocenters. The van der Waals surface area contributed by atoms with Crippen molar-refractivity contribution >= 4 is 17.7 Å². The van der Waals surface area contributed by atoms with Gasteiger partial charge in [-0.25, -0.2) is 9.38 Å². The Kier molecular flexibility index (Phi) is 6.46. The van der Waals surface area contributed by atoms with Crippen molar-refractivity contribution in [3.8, 4) is 0 Å². The summed E-state index contributed by atoms with van der Waals surface area (Å²) >= 11 is 0. The maximum Gasteiger partial charge on any atom is 0.416 e. The van der Waals surface area contributed by atoms with Gasteiger partial charge in [0.2, 0.25) is 0 Å². The van der Waals surface area contributed by atoms with Gasteiger partial charge in [0.25, 0.3) is 0 Å². The third-order valence-corrected chi connectivity index (χ3v) is 4.32. The van der Waals surface area contributed by atoms with E-state index in [1.807, 2.05) is 44.9 Å². The molecule has 0 bridgehead atoms. The first-order valence-electron chi connectivity index (χ1n) is 8.57. The predicted octanol–water partition coefficient (Wildman–Crippen LogP) is 5.68. The summed E-state index contributed by atoms with van der Waals surface area (Å²) in [5, 5.41) is 2.92. The Morgan fingerprint density at radius 1 is 1.15 bits per heavy atom. The Morgan fingerprint density at radius 3 is 2.48 bits per heavy atom. The molecule has 0 saturated carbocycles. The van der Waals surface area contributed by atoms with Gasteiger partial charge < -0.3 is 10.2 Å². The second-order valence-electron chi connectivity index (χ2n) is 6.39. The van der Waals surface area contributed by atoms with Crippen LogP contribution in [0.25, 0.3) is 0 Å². The minimum atomic E-state index is -4.60. The Bertz CT molecular complexity index is 829. The lowest BCUT2D eigenvalue weighted by Crippen LogP contribution is -2.14. The summed E-state index contributed by atoms with van der Waals surface area (Å²) < 4.78 is 53.3. The standard InChI is InChI=1S/C20H23F4N3/c1-5-27(4)12-26-19-10-13(2)18(9-14(19)3)25-11-15-16(20(22,23)24)7-6-8-17(15)21/h6-10,12,25H,5,11H2,1-4H3/b26-12+. The van der Waals surface area contributed by atoms with E-state index in [2.05, 4.69) is 10.3 Å². The molecule has 1 N–H and O–H groups in total. The minimum Gasteiger partial charge on any atom is -0.381 e. The van der Waals surface area contributed by atoms with Gasteiger partial charge in [-0.3, -0.25) is 0 Å². The molecule has 7 heteroatoms. The molecule has 0 spiro atoms. The van der Waals surface area contributed by atoms with Crippen LogP contribution in [0.3, 0.4) is 0 Å². The van der Waals surface area contributed by atoms with Gasteiger partial charge in [-0.1, -0.05) is 6.07 Å². The Labute approximate surface area is 156 Å². The number of hydrogen-bond donors (Lipinski definition) is 1. The summed E-state index contributed by atoms with van der Waals surface area (Å²) in [6.45, 7) is 6.27. The summed E-state index contributed by atoms with van der Waals surface area (Å²) in [6, 6.07) is 6.65. The molecule has 2 aromatic rings. The van der Waals surface area contributed by atoms with Crippen LogP contribution in [-0.4, -0.2) is 24.8 Å². The molecular weight excluding hydrogens is 358 g/mol. The van der Waals surface area contributed by atoms with Gasteiger partial charge in [0.1, 0.15) is 5.82 Å². The maximum absolute atomic E-state index is 14.0. The number of aliphatic imine (C=N–C) groups is 1. The number of benzene rings is 2. The van der Waals surface area contributed by atoms with Crippen LogP contribution in [0.5, 0.6) is 0 Å².